The Bertz CT molecular complexity index is 959. The first-order chi connectivity index (χ1) is 14.4. The number of ketones is 1. The molecular weight excluding hydrogens is 382 g/mol. The molecule has 2 aliphatic rings. The summed E-state index contributed by atoms with van der Waals surface area (Å²) in [5.74, 6) is 1.49. The Morgan fingerprint density at radius 2 is 2.03 bits per heavy atom. The number of aromatic nitrogens is 2. The molecular formula is C22H27N5O3. The molecule has 0 radical (unpaired) electrons. The van der Waals surface area contributed by atoms with E-state index < -0.39 is 0 Å². The molecule has 1 amide bonds. The number of amides is 1. The van der Waals surface area contributed by atoms with Crippen LogP contribution in [0.3, 0.4) is 0 Å². The van der Waals surface area contributed by atoms with Crippen LogP contribution in [-0.4, -0.2) is 59.3 Å². The van der Waals surface area contributed by atoms with Gasteiger partial charge < -0.3 is 19.5 Å². The smallest absolute Gasteiger partial charge is 0.289 e. The second-order valence-electron chi connectivity index (χ2n) is 8.56. The number of hydrogen-bond donors (Lipinski definition) is 1. The van der Waals surface area contributed by atoms with Gasteiger partial charge in [0, 0.05) is 39.1 Å². The van der Waals surface area contributed by atoms with E-state index in [-0.39, 0.29) is 17.1 Å². The average Bonchev–Trinajstić information content (AvgIpc) is 3.25. The zero-order valence-corrected chi connectivity index (χ0v) is 17.5. The van der Waals surface area contributed by atoms with Crippen molar-refractivity contribution < 1.29 is 14.0 Å². The molecule has 0 spiro atoms. The van der Waals surface area contributed by atoms with Crippen molar-refractivity contribution in [2.24, 2.45) is 5.41 Å². The zero-order chi connectivity index (χ0) is 21.3. The van der Waals surface area contributed by atoms with Crippen LogP contribution in [0.15, 0.2) is 35.5 Å². The molecule has 8 nitrogen and oxygen atoms in total. The number of carbonyl (C=O) groups is 2. The standard InChI is InChI=1S/C22H27N5O3/c1-4-7-23-19-18-15(13-22(2,3)14-16(18)28)24-21(25-19)27-10-8-26(9-11-27)20(29)17-6-5-12-30-17/h4-6,12H,1,7-11,13-14H2,2-3H3,(H,23,24,25). The fourth-order valence-electron chi connectivity index (χ4n) is 4.06. The fourth-order valence-corrected chi connectivity index (χ4v) is 4.06. The highest BCUT2D eigenvalue weighted by molar-refractivity contribution is 6.03. The number of rotatable bonds is 5. The molecule has 0 unspecified atom stereocenters. The zero-order valence-electron chi connectivity index (χ0n) is 17.5. The summed E-state index contributed by atoms with van der Waals surface area (Å²) in [4.78, 5) is 38.6. The molecule has 1 fully saturated rings. The van der Waals surface area contributed by atoms with E-state index in [2.05, 4.69) is 35.6 Å². The van der Waals surface area contributed by atoms with E-state index in [1.165, 1.54) is 6.26 Å². The quantitative estimate of drug-likeness (QED) is 0.759. The molecule has 0 atom stereocenters. The molecule has 158 valence electrons. The molecule has 2 aromatic heterocycles. The van der Waals surface area contributed by atoms with Crippen molar-refractivity contribution in [1.82, 2.24) is 14.9 Å². The van der Waals surface area contributed by atoms with Crippen molar-refractivity contribution in [2.45, 2.75) is 26.7 Å². The van der Waals surface area contributed by atoms with Crippen LogP contribution < -0.4 is 10.2 Å². The molecule has 0 aromatic carbocycles. The minimum absolute atomic E-state index is 0.0771. The van der Waals surface area contributed by atoms with E-state index in [0.717, 1.165) is 12.1 Å². The lowest BCUT2D eigenvalue weighted by atomic mass is 9.75. The van der Waals surface area contributed by atoms with Gasteiger partial charge in [-0.25, -0.2) is 4.98 Å². The molecule has 0 saturated carbocycles. The topological polar surface area (TPSA) is 91.6 Å². The molecule has 4 rings (SSSR count). The first kappa shape index (κ1) is 20.1. The Morgan fingerprint density at radius 3 is 2.70 bits per heavy atom. The number of fused-ring (bicyclic) bond motifs is 1. The molecule has 1 saturated heterocycles. The molecule has 3 heterocycles. The predicted molar refractivity (Wildman–Crippen MR) is 114 cm³/mol. The van der Waals surface area contributed by atoms with E-state index in [0.29, 0.717) is 62.2 Å². The van der Waals surface area contributed by atoms with Gasteiger partial charge in [-0.2, -0.15) is 4.98 Å². The van der Waals surface area contributed by atoms with E-state index in [9.17, 15) is 9.59 Å². The number of Topliss-reactive ketones (excluding diaryl/α,β-unsaturated/α-hetero) is 1. The van der Waals surface area contributed by atoms with Gasteiger partial charge in [0.2, 0.25) is 5.95 Å². The Morgan fingerprint density at radius 1 is 1.27 bits per heavy atom. The number of nitrogens with one attached hydrogen (secondary N) is 1. The number of hydrogen-bond acceptors (Lipinski definition) is 7. The fraction of sp³-hybridized carbons (Fsp3) is 0.455. The maximum atomic E-state index is 12.8. The number of carbonyl (C=O) groups excluding carboxylic acids is 2. The molecule has 1 aliphatic carbocycles. The summed E-state index contributed by atoms with van der Waals surface area (Å²) >= 11 is 0. The van der Waals surface area contributed by atoms with Crippen LogP contribution in [0.25, 0.3) is 0 Å². The Kier molecular flexibility index (Phi) is 5.32. The van der Waals surface area contributed by atoms with Crippen LogP contribution in [0.4, 0.5) is 11.8 Å². The second kappa shape index (κ2) is 7.93. The highest BCUT2D eigenvalue weighted by Crippen LogP contribution is 2.37. The monoisotopic (exact) mass is 409 g/mol. The van der Waals surface area contributed by atoms with Gasteiger partial charge in [-0.3, -0.25) is 9.59 Å². The van der Waals surface area contributed by atoms with Crippen LogP contribution in [-0.2, 0) is 6.42 Å². The summed E-state index contributed by atoms with van der Waals surface area (Å²) in [6.07, 6.45) is 4.46. The highest BCUT2D eigenvalue weighted by atomic mass is 16.3. The number of furan rings is 1. The summed E-state index contributed by atoms with van der Waals surface area (Å²) in [5, 5.41) is 3.21. The van der Waals surface area contributed by atoms with Crippen LogP contribution in [0.2, 0.25) is 0 Å². The van der Waals surface area contributed by atoms with Crippen molar-refractivity contribution in [2.75, 3.05) is 42.9 Å². The third-order valence-electron chi connectivity index (χ3n) is 5.53. The summed E-state index contributed by atoms with van der Waals surface area (Å²) in [7, 11) is 0. The second-order valence-corrected chi connectivity index (χ2v) is 8.56. The van der Waals surface area contributed by atoms with Gasteiger partial charge in [-0.1, -0.05) is 19.9 Å². The normalized spacial score (nSPS) is 18.1. The lowest BCUT2D eigenvalue weighted by Crippen LogP contribution is -2.49. The van der Waals surface area contributed by atoms with Gasteiger partial charge in [-0.15, -0.1) is 6.58 Å². The highest BCUT2D eigenvalue weighted by Gasteiger charge is 2.35. The first-order valence-electron chi connectivity index (χ1n) is 10.2. The van der Waals surface area contributed by atoms with Crippen molar-refractivity contribution in [3.05, 3.63) is 48.1 Å². The van der Waals surface area contributed by atoms with Crippen molar-refractivity contribution >= 4 is 23.5 Å². The SMILES string of the molecule is C=CCNc1nc(N2CCN(C(=O)c3ccco3)CC2)nc2c1C(=O)CC(C)(C)C2. The van der Waals surface area contributed by atoms with Gasteiger partial charge in [0.05, 0.1) is 17.5 Å². The maximum Gasteiger partial charge on any atom is 0.289 e. The Balaban J connectivity index is 1.56. The minimum Gasteiger partial charge on any atom is -0.459 e. The Hall–Kier alpha value is -3.16. The van der Waals surface area contributed by atoms with Crippen LogP contribution in [0, 0.1) is 5.41 Å². The van der Waals surface area contributed by atoms with Gasteiger partial charge >= 0.3 is 0 Å². The summed E-state index contributed by atoms with van der Waals surface area (Å²) in [6, 6.07) is 3.39. The molecule has 0 bridgehead atoms. The number of piperazine rings is 1. The van der Waals surface area contributed by atoms with Crippen molar-refractivity contribution in [3.63, 3.8) is 0 Å². The summed E-state index contributed by atoms with van der Waals surface area (Å²) in [6.45, 7) is 10.8. The third kappa shape index (κ3) is 3.94. The maximum absolute atomic E-state index is 12.8. The average molecular weight is 409 g/mol. The van der Waals surface area contributed by atoms with Gasteiger partial charge in [0.1, 0.15) is 5.82 Å². The van der Waals surface area contributed by atoms with Crippen LogP contribution >= 0.6 is 0 Å². The van der Waals surface area contributed by atoms with Gasteiger partial charge in [0.15, 0.2) is 11.5 Å². The molecule has 1 aliphatic heterocycles. The number of anilines is 2. The summed E-state index contributed by atoms with van der Waals surface area (Å²) < 4.78 is 5.23. The molecule has 1 N–H and O–H groups in total. The number of nitrogens with zero attached hydrogens (tertiary/aromatic N) is 4. The van der Waals surface area contributed by atoms with Crippen molar-refractivity contribution in [1.29, 1.82) is 0 Å². The largest absolute Gasteiger partial charge is 0.459 e. The first-order valence-corrected chi connectivity index (χ1v) is 10.2. The van der Waals surface area contributed by atoms with Gasteiger partial charge in [-0.05, 0) is 24.0 Å². The third-order valence-corrected chi connectivity index (χ3v) is 5.53. The van der Waals surface area contributed by atoms with E-state index in [4.69, 9.17) is 9.40 Å². The minimum atomic E-state index is -0.125. The molecule has 2 aromatic rings. The Labute approximate surface area is 176 Å². The van der Waals surface area contributed by atoms with Crippen molar-refractivity contribution in [3.8, 4) is 0 Å². The lowest BCUT2D eigenvalue weighted by molar-refractivity contribution is 0.0713. The summed E-state index contributed by atoms with van der Waals surface area (Å²) in [5.41, 5.74) is 1.27. The van der Waals surface area contributed by atoms with Crippen LogP contribution in [0.5, 0.6) is 0 Å². The van der Waals surface area contributed by atoms with E-state index in [1.807, 2.05) is 0 Å². The van der Waals surface area contributed by atoms with E-state index >= 15 is 0 Å². The van der Waals surface area contributed by atoms with Gasteiger partial charge in [0.25, 0.3) is 5.91 Å². The predicted octanol–water partition coefficient (Wildman–Crippen LogP) is 2.79. The van der Waals surface area contributed by atoms with E-state index in [1.54, 1.807) is 23.1 Å². The molecule has 8 heteroatoms. The van der Waals surface area contributed by atoms with Crippen LogP contribution in [0.1, 0.15) is 46.9 Å². The molecule has 30 heavy (non-hydrogen) atoms. The lowest BCUT2D eigenvalue weighted by Gasteiger charge is -2.36.